The Hall–Kier alpha value is -2.25. The molecule has 0 aliphatic carbocycles. The molecule has 3 heterocycles. The van der Waals surface area contributed by atoms with Gasteiger partial charge in [-0.05, 0) is 56.5 Å². The molecule has 1 atom stereocenters. The molecule has 150 valence electrons. The average molecular weight is 386 g/mol. The zero-order valence-electron chi connectivity index (χ0n) is 16.0. The molecule has 2 aliphatic rings. The van der Waals surface area contributed by atoms with Crippen molar-refractivity contribution in [2.75, 3.05) is 26.3 Å². The van der Waals surface area contributed by atoms with Crippen molar-refractivity contribution in [1.29, 1.82) is 0 Å². The Kier molecular flexibility index (Phi) is 6.02. The Balaban J connectivity index is 1.30. The van der Waals surface area contributed by atoms with Crippen molar-refractivity contribution in [3.63, 3.8) is 0 Å². The molecule has 1 N–H and O–H groups in total. The fourth-order valence-corrected chi connectivity index (χ4v) is 4.12. The van der Waals surface area contributed by atoms with Crippen LogP contribution in [-0.4, -0.2) is 52.9 Å². The summed E-state index contributed by atoms with van der Waals surface area (Å²) in [5.74, 6) is -0.110. The highest BCUT2D eigenvalue weighted by atomic mass is 19.1. The van der Waals surface area contributed by atoms with Gasteiger partial charge in [-0.2, -0.15) is 5.10 Å². The second kappa shape index (κ2) is 8.84. The standard InChI is InChI=1S/C21H27FN4O2/c22-18-3-5-20(6-4-18)26-14-16(13-24-26)12-23-21(27)17-2-1-9-25(15-17)19-7-10-28-11-8-19/h3-6,13-14,17,19H,1-2,7-12,15H2,(H,23,27)/t17-/m1/s1. The molecule has 2 aromatic rings. The van der Waals surface area contributed by atoms with Crippen LogP contribution in [0.3, 0.4) is 0 Å². The summed E-state index contributed by atoms with van der Waals surface area (Å²) in [7, 11) is 0. The van der Waals surface area contributed by atoms with Crippen molar-refractivity contribution in [3.05, 3.63) is 48.0 Å². The van der Waals surface area contributed by atoms with Gasteiger partial charge in [0.05, 0.1) is 17.8 Å². The van der Waals surface area contributed by atoms with Crippen LogP contribution in [0, 0.1) is 11.7 Å². The molecule has 6 nitrogen and oxygen atoms in total. The number of halogens is 1. The number of nitrogens with one attached hydrogen (secondary N) is 1. The summed E-state index contributed by atoms with van der Waals surface area (Å²) < 4.78 is 20.2. The number of hydrogen-bond donors (Lipinski definition) is 1. The molecule has 1 aromatic heterocycles. The quantitative estimate of drug-likeness (QED) is 0.858. The van der Waals surface area contributed by atoms with Gasteiger partial charge < -0.3 is 10.1 Å². The predicted octanol–water partition coefficient (Wildman–Crippen LogP) is 2.52. The summed E-state index contributed by atoms with van der Waals surface area (Å²) in [5.41, 5.74) is 1.72. The average Bonchev–Trinajstić information content (AvgIpc) is 3.22. The SMILES string of the molecule is O=C(NCc1cnn(-c2ccc(F)cc2)c1)[C@@H]1CCCN(C2CCOCC2)C1. The molecule has 1 aromatic carbocycles. The van der Waals surface area contributed by atoms with Gasteiger partial charge in [0.15, 0.2) is 0 Å². The Labute approximate surface area is 164 Å². The number of amides is 1. The monoisotopic (exact) mass is 386 g/mol. The van der Waals surface area contributed by atoms with E-state index in [1.807, 2.05) is 6.20 Å². The summed E-state index contributed by atoms with van der Waals surface area (Å²) in [6.07, 6.45) is 7.74. The zero-order chi connectivity index (χ0) is 19.3. The number of likely N-dealkylation sites (tertiary alicyclic amines) is 1. The minimum Gasteiger partial charge on any atom is -0.381 e. The minimum absolute atomic E-state index is 0.0451. The number of benzene rings is 1. The lowest BCUT2D eigenvalue weighted by atomic mass is 9.94. The fraction of sp³-hybridized carbons (Fsp3) is 0.524. The fourth-order valence-electron chi connectivity index (χ4n) is 4.12. The van der Waals surface area contributed by atoms with Crippen LogP contribution in [0.15, 0.2) is 36.7 Å². The van der Waals surface area contributed by atoms with Crippen LogP contribution >= 0.6 is 0 Å². The summed E-state index contributed by atoms with van der Waals surface area (Å²) in [6.45, 7) is 4.03. The molecule has 1 amide bonds. The highest BCUT2D eigenvalue weighted by molar-refractivity contribution is 5.78. The Morgan fingerprint density at radius 1 is 1.21 bits per heavy atom. The lowest BCUT2D eigenvalue weighted by Gasteiger charge is -2.39. The van der Waals surface area contributed by atoms with Crippen LogP contribution in [-0.2, 0) is 16.1 Å². The Morgan fingerprint density at radius 3 is 2.79 bits per heavy atom. The Morgan fingerprint density at radius 2 is 2.00 bits per heavy atom. The number of rotatable bonds is 5. The molecular weight excluding hydrogens is 359 g/mol. The zero-order valence-corrected chi connectivity index (χ0v) is 16.0. The molecule has 0 bridgehead atoms. The second-order valence-corrected chi connectivity index (χ2v) is 7.67. The summed E-state index contributed by atoms with van der Waals surface area (Å²) in [5, 5.41) is 7.37. The predicted molar refractivity (Wildman–Crippen MR) is 104 cm³/mol. The van der Waals surface area contributed by atoms with Gasteiger partial charge in [-0.25, -0.2) is 9.07 Å². The van der Waals surface area contributed by atoms with Gasteiger partial charge in [0.1, 0.15) is 5.82 Å². The third-order valence-corrected chi connectivity index (χ3v) is 5.72. The highest BCUT2D eigenvalue weighted by Crippen LogP contribution is 2.23. The van der Waals surface area contributed by atoms with E-state index in [-0.39, 0.29) is 17.6 Å². The maximum absolute atomic E-state index is 13.1. The smallest absolute Gasteiger partial charge is 0.224 e. The van der Waals surface area contributed by atoms with E-state index in [9.17, 15) is 9.18 Å². The van der Waals surface area contributed by atoms with Gasteiger partial charge in [0.2, 0.25) is 5.91 Å². The number of ether oxygens (including phenoxy) is 1. The van der Waals surface area contributed by atoms with E-state index in [2.05, 4.69) is 15.3 Å². The van der Waals surface area contributed by atoms with Crippen molar-refractivity contribution in [1.82, 2.24) is 20.0 Å². The largest absolute Gasteiger partial charge is 0.381 e. The van der Waals surface area contributed by atoms with Crippen LogP contribution in [0.5, 0.6) is 0 Å². The first-order valence-electron chi connectivity index (χ1n) is 10.1. The van der Waals surface area contributed by atoms with Crippen molar-refractivity contribution >= 4 is 5.91 Å². The molecular formula is C21H27FN4O2. The maximum Gasteiger partial charge on any atom is 0.224 e. The lowest BCUT2D eigenvalue weighted by molar-refractivity contribution is -0.127. The summed E-state index contributed by atoms with van der Waals surface area (Å²) in [6, 6.07) is 6.73. The van der Waals surface area contributed by atoms with E-state index in [0.29, 0.717) is 12.6 Å². The highest BCUT2D eigenvalue weighted by Gasteiger charge is 2.30. The number of carbonyl (C=O) groups is 1. The van der Waals surface area contributed by atoms with Crippen LogP contribution in [0.1, 0.15) is 31.2 Å². The van der Waals surface area contributed by atoms with E-state index in [1.165, 1.54) is 12.1 Å². The molecule has 0 radical (unpaired) electrons. The number of nitrogens with zero attached hydrogens (tertiary/aromatic N) is 3. The molecule has 0 unspecified atom stereocenters. The molecule has 0 saturated carbocycles. The van der Waals surface area contributed by atoms with Crippen molar-refractivity contribution in [3.8, 4) is 5.69 Å². The van der Waals surface area contributed by atoms with Gasteiger partial charge in [0, 0.05) is 44.1 Å². The topological polar surface area (TPSA) is 59.4 Å². The lowest BCUT2D eigenvalue weighted by Crippen LogP contribution is -2.48. The summed E-state index contributed by atoms with van der Waals surface area (Å²) >= 11 is 0. The van der Waals surface area contributed by atoms with Crippen LogP contribution in [0.4, 0.5) is 4.39 Å². The van der Waals surface area contributed by atoms with E-state index in [4.69, 9.17) is 4.74 Å². The molecule has 4 rings (SSSR count). The third-order valence-electron chi connectivity index (χ3n) is 5.72. The van der Waals surface area contributed by atoms with Gasteiger partial charge in [-0.1, -0.05) is 0 Å². The first kappa shape index (κ1) is 19.1. The second-order valence-electron chi connectivity index (χ2n) is 7.67. The van der Waals surface area contributed by atoms with Crippen LogP contribution in [0.25, 0.3) is 5.69 Å². The van der Waals surface area contributed by atoms with E-state index >= 15 is 0 Å². The van der Waals surface area contributed by atoms with Crippen molar-refractivity contribution < 1.29 is 13.9 Å². The Bertz CT molecular complexity index is 786. The normalized spacial score (nSPS) is 21.5. The molecule has 0 spiro atoms. The number of aromatic nitrogens is 2. The summed E-state index contributed by atoms with van der Waals surface area (Å²) in [4.78, 5) is 15.2. The number of piperidine rings is 1. The number of carbonyl (C=O) groups excluding carboxylic acids is 1. The van der Waals surface area contributed by atoms with Crippen LogP contribution < -0.4 is 5.32 Å². The first-order valence-corrected chi connectivity index (χ1v) is 10.1. The van der Waals surface area contributed by atoms with E-state index in [1.54, 1.807) is 23.0 Å². The first-order chi connectivity index (χ1) is 13.7. The van der Waals surface area contributed by atoms with Crippen molar-refractivity contribution in [2.45, 2.75) is 38.3 Å². The van der Waals surface area contributed by atoms with E-state index < -0.39 is 0 Å². The number of hydrogen-bond acceptors (Lipinski definition) is 4. The van der Waals surface area contributed by atoms with Crippen molar-refractivity contribution in [2.24, 2.45) is 5.92 Å². The third kappa shape index (κ3) is 4.59. The van der Waals surface area contributed by atoms with Gasteiger partial charge in [0.25, 0.3) is 0 Å². The minimum atomic E-state index is -0.273. The molecule has 2 saturated heterocycles. The van der Waals surface area contributed by atoms with Gasteiger partial charge in [-0.3, -0.25) is 9.69 Å². The van der Waals surface area contributed by atoms with Gasteiger partial charge in [-0.15, -0.1) is 0 Å². The van der Waals surface area contributed by atoms with Gasteiger partial charge >= 0.3 is 0 Å². The van der Waals surface area contributed by atoms with E-state index in [0.717, 1.165) is 63.2 Å². The van der Waals surface area contributed by atoms with Crippen LogP contribution in [0.2, 0.25) is 0 Å². The molecule has 2 fully saturated rings. The maximum atomic E-state index is 13.1. The molecule has 28 heavy (non-hydrogen) atoms. The molecule has 2 aliphatic heterocycles. The molecule has 7 heteroatoms.